The molecular weight excluding hydrogens is 418 g/mol. The van der Waals surface area contributed by atoms with Crippen molar-refractivity contribution in [2.24, 2.45) is 5.92 Å². The van der Waals surface area contributed by atoms with Crippen molar-refractivity contribution in [2.75, 3.05) is 13.2 Å². The van der Waals surface area contributed by atoms with Crippen molar-refractivity contribution in [3.05, 3.63) is 70.5 Å². The molecule has 6 heteroatoms. The van der Waals surface area contributed by atoms with Gasteiger partial charge in [-0.25, -0.2) is 4.68 Å². The SMILES string of the molecule is CC(C)C(NCc1cnn(-c2ccc(Br)cc2)c1)c1ccc2c(c1)OCCO2. The van der Waals surface area contributed by atoms with Gasteiger partial charge in [0.25, 0.3) is 0 Å². The first kappa shape index (κ1) is 19.0. The average Bonchev–Trinajstić information content (AvgIpc) is 3.17. The molecule has 1 unspecified atom stereocenters. The molecule has 1 N–H and O–H groups in total. The second kappa shape index (κ2) is 8.37. The smallest absolute Gasteiger partial charge is 0.161 e. The summed E-state index contributed by atoms with van der Waals surface area (Å²) in [5.41, 5.74) is 3.40. The van der Waals surface area contributed by atoms with Crippen LogP contribution in [0.25, 0.3) is 5.69 Å². The van der Waals surface area contributed by atoms with Crippen molar-refractivity contribution in [1.29, 1.82) is 0 Å². The lowest BCUT2D eigenvalue weighted by molar-refractivity contribution is 0.171. The van der Waals surface area contributed by atoms with Crippen LogP contribution in [-0.4, -0.2) is 23.0 Å². The number of nitrogens with zero attached hydrogens (tertiary/aromatic N) is 2. The zero-order valence-corrected chi connectivity index (χ0v) is 17.6. The predicted molar refractivity (Wildman–Crippen MR) is 113 cm³/mol. The number of hydrogen-bond donors (Lipinski definition) is 1. The molecule has 0 saturated heterocycles. The first-order chi connectivity index (χ1) is 13.6. The van der Waals surface area contributed by atoms with Crippen molar-refractivity contribution >= 4 is 15.9 Å². The molecule has 1 aromatic heterocycles. The van der Waals surface area contributed by atoms with E-state index >= 15 is 0 Å². The Kier molecular flexibility index (Phi) is 5.69. The highest BCUT2D eigenvalue weighted by Gasteiger charge is 2.19. The Morgan fingerprint density at radius 2 is 1.82 bits per heavy atom. The van der Waals surface area contributed by atoms with Gasteiger partial charge in [-0.2, -0.15) is 5.10 Å². The Balaban J connectivity index is 1.47. The van der Waals surface area contributed by atoms with E-state index in [-0.39, 0.29) is 6.04 Å². The average molecular weight is 442 g/mol. The molecule has 0 amide bonds. The van der Waals surface area contributed by atoms with Crippen molar-refractivity contribution in [1.82, 2.24) is 15.1 Å². The van der Waals surface area contributed by atoms with Crippen LogP contribution < -0.4 is 14.8 Å². The van der Waals surface area contributed by atoms with Crippen molar-refractivity contribution in [2.45, 2.75) is 26.4 Å². The predicted octanol–water partition coefficient (Wildman–Crippen LogP) is 4.89. The van der Waals surface area contributed by atoms with E-state index in [9.17, 15) is 0 Å². The maximum absolute atomic E-state index is 5.75. The molecule has 28 heavy (non-hydrogen) atoms. The van der Waals surface area contributed by atoms with E-state index < -0.39 is 0 Å². The van der Waals surface area contributed by atoms with E-state index in [4.69, 9.17) is 9.47 Å². The van der Waals surface area contributed by atoms with Gasteiger partial charge in [-0.05, 0) is 47.9 Å². The van der Waals surface area contributed by atoms with Gasteiger partial charge in [-0.15, -0.1) is 0 Å². The third-order valence-electron chi connectivity index (χ3n) is 4.85. The van der Waals surface area contributed by atoms with Gasteiger partial charge >= 0.3 is 0 Å². The summed E-state index contributed by atoms with van der Waals surface area (Å²) in [4.78, 5) is 0. The number of ether oxygens (including phenoxy) is 2. The summed E-state index contributed by atoms with van der Waals surface area (Å²) in [5.74, 6) is 2.09. The van der Waals surface area contributed by atoms with E-state index in [1.165, 1.54) is 5.56 Å². The number of rotatable bonds is 6. The van der Waals surface area contributed by atoms with E-state index in [2.05, 4.69) is 58.5 Å². The van der Waals surface area contributed by atoms with Gasteiger partial charge in [0, 0.05) is 28.8 Å². The van der Waals surface area contributed by atoms with Gasteiger partial charge in [0.2, 0.25) is 0 Å². The molecule has 0 spiro atoms. The molecule has 0 radical (unpaired) electrons. The lowest BCUT2D eigenvalue weighted by Crippen LogP contribution is -2.25. The van der Waals surface area contributed by atoms with Crippen LogP contribution in [0.3, 0.4) is 0 Å². The minimum absolute atomic E-state index is 0.215. The summed E-state index contributed by atoms with van der Waals surface area (Å²) in [6, 6.07) is 14.6. The minimum atomic E-state index is 0.215. The topological polar surface area (TPSA) is 48.3 Å². The van der Waals surface area contributed by atoms with Crippen molar-refractivity contribution in [3.63, 3.8) is 0 Å². The molecule has 0 bridgehead atoms. The molecule has 1 atom stereocenters. The summed E-state index contributed by atoms with van der Waals surface area (Å²) in [6.45, 7) is 6.40. The molecule has 3 aromatic rings. The molecule has 2 aromatic carbocycles. The van der Waals surface area contributed by atoms with Crippen LogP contribution in [0.2, 0.25) is 0 Å². The number of benzene rings is 2. The molecule has 0 saturated carbocycles. The van der Waals surface area contributed by atoms with Gasteiger partial charge in [-0.3, -0.25) is 0 Å². The minimum Gasteiger partial charge on any atom is -0.486 e. The van der Waals surface area contributed by atoms with Crippen LogP contribution in [0.15, 0.2) is 59.3 Å². The van der Waals surface area contributed by atoms with Crippen LogP contribution in [-0.2, 0) is 6.54 Å². The number of halogens is 1. The van der Waals surface area contributed by atoms with Gasteiger partial charge in [0.05, 0.1) is 11.9 Å². The maximum Gasteiger partial charge on any atom is 0.161 e. The zero-order valence-electron chi connectivity index (χ0n) is 16.1. The third kappa shape index (κ3) is 4.23. The fourth-order valence-corrected chi connectivity index (χ4v) is 3.67. The number of nitrogens with one attached hydrogen (secondary N) is 1. The Bertz CT molecular complexity index is 937. The molecule has 1 aliphatic heterocycles. The summed E-state index contributed by atoms with van der Waals surface area (Å²) in [7, 11) is 0. The first-order valence-corrected chi connectivity index (χ1v) is 10.3. The first-order valence-electron chi connectivity index (χ1n) is 9.52. The molecule has 0 fully saturated rings. The quantitative estimate of drug-likeness (QED) is 0.591. The Labute approximate surface area is 173 Å². The normalized spacial score (nSPS) is 14.3. The Morgan fingerprint density at radius 3 is 2.57 bits per heavy atom. The van der Waals surface area contributed by atoms with Crippen molar-refractivity contribution in [3.8, 4) is 17.2 Å². The maximum atomic E-state index is 5.75. The van der Waals surface area contributed by atoms with E-state index in [1.54, 1.807) is 0 Å². The highest BCUT2D eigenvalue weighted by molar-refractivity contribution is 9.10. The van der Waals surface area contributed by atoms with E-state index in [0.717, 1.165) is 33.8 Å². The summed E-state index contributed by atoms with van der Waals surface area (Å²) >= 11 is 3.47. The van der Waals surface area contributed by atoms with Crippen LogP contribution in [0, 0.1) is 5.92 Å². The highest BCUT2D eigenvalue weighted by Crippen LogP contribution is 2.34. The summed E-state index contributed by atoms with van der Waals surface area (Å²) in [6.07, 6.45) is 3.98. The lowest BCUT2D eigenvalue weighted by atomic mass is 9.95. The van der Waals surface area contributed by atoms with E-state index in [0.29, 0.717) is 19.1 Å². The molecule has 146 valence electrons. The monoisotopic (exact) mass is 441 g/mol. The zero-order chi connectivity index (χ0) is 19.5. The molecule has 5 nitrogen and oxygen atoms in total. The standard InChI is InChI=1S/C22H24BrN3O2/c1-15(2)22(17-3-8-20-21(11-17)28-10-9-27-20)24-12-16-13-25-26(14-16)19-6-4-18(23)5-7-19/h3-8,11,13-15,22,24H,9-10,12H2,1-2H3. The number of fused-ring (bicyclic) bond motifs is 1. The second-order valence-corrected chi connectivity index (χ2v) is 8.19. The third-order valence-corrected chi connectivity index (χ3v) is 5.37. The summed E-state index contributed by atoms with van der Waals surface area (Å²) in [5, 5.41) is 8.17. The van der Waals surface area contributed by atoms with Gasteiger partial charge < -0.3 is 14.8 Å². The number of aromatic nitrogens is 2. The largest absolute Gasteiger partial charge is 0.486 e. The van der Waals surface area contributed by atoms with Crippen molar-refractivity contribution < 1.29 is 9.47 Å². The highest BCUT2D eigenvalue weighted by atomic mass is 79.9. The molecular formula is C22H24BrN3O2. The van der Waals surface area contributed by atoms with Gasteiger partial charge in [0.1, 0.15) is 13.2 Å². The van der Waals surface area contributed by atoms with Gasteiger partial charge in [0.15, 0.2) is 11.5 Å². The fraction of sp³-hybridized carbons (Fsp3) is 0.318. The van der Waals surface area contributed by atoms with Crippen LogP contribution >= 0.6 is 15.9 Å². The van der Waals surface area contributed by atoms with E-state index in [1.807, 2.05) is 41.2 Å². The Morgan fingerprint density at radius 1 is 1.07 bits per heavy atom. The van der Waals surface area contributed by atoms with Crippen LogP contribution in [0.4, 0.5) is 0 Å². The fourth-order valence-electron chi connectivity index (χ4n) is 3.41. The summed E-state index contributed by atoms with van der Waals surface area (Å²) < 4.78 is 14.3. The molecule has 2 heterocycles. The number of hydrogen-bond acceptors (Lipinski definition) is 4. The molecule has 1 aliphatic rings. The van der Waals surface area contributed by atoms with Crippen LogP contribution in [0.5, 0.6) is 11.5 Å². The lowest BCUT2D eigenvalue weighted by Gasteiger charge is -2.25. The van der Waals surface area contributed by atoms with Gasteiger partial charge in [-0.1, -0.05) is 35.8 Å². The molecule has 4 rings (SSSR count). The molecule has 0 aliphatic carbocycles. The second-order valence-electron chi connectivity index (χ2n) is 7.28. The van der Waals surface area contributed by atoms with Crippen LogP contribution in [0.1, 0.15) is 31.0 Å². The Hall–Kier alpha value is -2.31.